The predicted molar refractivity (Wildman–Crippen MR) is 81.4 cm³/mol. The van der Waals surface area contributed by atoms with Crippen molar-refractivity contribution in [3.63, 3.8) is 0 Å². The molecule has 1 heteroatoms. The summed E-state index contributed by atoms with van der Waals surface area (Å²) in [6, 6.07) is 0. The van der Waals surface area contributed by atoms with Gasteiger partial charge < -0.3 is 5.73 Å². The molecule has 2 N–H and O–H groups in total. The molecule has 106 valence electrons. The van der Waals surface area contributed by atoms with Gasteiger partial charge in [0.2, 0.25) is 0 Å². The molecule has 0 fully saturated rings. The smallest absolute Gasteiger partial charge is 0.00772 e. The minimum atomic E-state index is 0.873. The first-order valence-corrected chi connectivity index (χ1v) is 8.05. The zero-order chi connectivity index (χ0) is 13.4. The van der Waals surface area contributed by atoms with Crippen LogP contribution in [0.5, 0.6) is 0 Å². The van der Waals surface area contributed by atoms with Gasteiger partial charge in [0.1, 0.15) is 0 Å². The second-order valence-corrected chi connectivity index (χ2v) is 4.79. The van der Waals surface area contributed by atoms with Crippen molar-refractivity contribution in [1.82, 2.24) is 0 Å². The van der Waals surface area contributed by atoms with Crippen molar-refractivity contribution in [2.75, 3.05) is 6.54 Å². The number of unbranched alkanes of at least 4 members (excludes halogenated alkanes) is 4. The lowest BCUT2D eigenvalue weighted by Gasteiger charge is -2.16. The largest absolute Gasteiger partial charge is 0.330 e. The van der Waals surface area contributed by atoms with E-state index in [0.717, 1.165) is 12.5 Å². The molecule has 0 saturated heterocycles. The minimum absolute atomic E-state index is 0.873. The Hall–Kier alpha value is -0.0400. The number of rotatable bonds is 11. The molecule has 0 bridgehead atoms. The normalized spacial score (nSPS) is 10.2. The lowest BCUT2D eigenvalue weighted by molar-refractivity contribution is 0.379. The fourth-order valence-electron chi connectivity index (χ4n) is 2.21. The Kier molecular flexibility index (Phi) is 20.8. The molecule has 0 aromatic rings. The molecule has 0 heterocycles. The molecule has 0 unspecified atom stereocenters. The summed E-state index contributed by atoms with van der Waals surface area (Å²) in [6.45, 7) is 9.44. The van der Waals surface area contributed by atoms with Crippen LogP contribution in [0.2, 0.25) is 0 Å². The van der Waals surface area contributed by atoms with Crippen molar-refractivity contribution in [2.45, 2.75) is 91.9 Å². The molecule has 0 aliphatic rings. The maximum absolute atomic E-state index is 5.59. The van der Waals surface area contributed by atoms with Crippen LogP contribution in [-0.2, 0) is 0 Å². The molecule has 17 heavy (non-hydrogen) atoms. The lowest BCUT2D eigenvalue weighted by Crippen LogP contribution is -2.06. The van der Waals surface area contributed by atoms with Crippen LogP contribution in [0, 0.1) is 5.92 Å². The van der Waals surface area contributed by atoms with E-state index in [9.17, 15) is 0 Å². The molecule has 0 aromatic carbocycles. The maximum Gasteiger partial charge on any atom is -0.00772 e. The van der Waals surface area contributed by atoms with Crippen LogP contribution in [-0.4, -0.2) is 6.54 Å². The van der Waals surface area contributed by atoms with E-state index in [2.05, 4.69) is 13.8 Å². The predicted octanol–water partition coefficient (Wildman–Crippen LogP) is 5.53. The van der Waals surface area contributed by atoms with E-state index < -0.39 is 0 Å². The third-order valence-electron chi connectivity index (χ3n) is 3.25. The summed E-state index contributed by atoms with van der Waals surface area (Å²) in [7, 11) is 0. The summed E-state index contributed by atoms with van der Waals surface area (Å²) < 4.78 is 0. The standard InChI is InChI=1S/C14H31N.C2H6/c1-3-5-7-10-14(12-9-13-15)11-8-6-4-2;1-2/h14H,3-13,15H2,1-2H3;1-2H3. The average molecular weight is 243 g/mol. The van der Waals surface area contributed by atoms with Crippen LogP contribution >= 0.6 is 0 Å². The fourth-order valence-corrected chi connectivity index (χ4v) is 2.21. The van der Waals surface area contributed by atoms with E-state index in [-0.39, 0.29) is 0 Å². The molecular formula is C16H37N. The van der Waals surface area contributed by atoms with E-state index in [4.69, 9.17) is 5.73 Å². The molecule has 0 atom stereocenters. The van der Waals surface area contributed by atoms with Gasteiger partial charge >= 0.3 is 0 Å². The van der Waals surface area contributed by atoms with Gasteiger partial charge in [0.25, 0.3) is 0 Å². The highest BCUT2D eigenvalue weighted by molar-refractivity contribution is 4.61. The summed E-state index contributed by atoms with van der Waals surface area (Å²) in [5.74, 6) is 0.964. The van der Waals surface area contributed by atoms with Gasteiger partial charge in [-0.3, -0.25) is 0 Å². The van der Waals surface area contributed by atoms with E-state index in [0.29, 0.717) is 0 Å². The van der Waals surface area contributed by atoms with Crippen LogP contribution in [0.1, 0.15) is 91.9 Å². The quantitative estimate of drug-likeness (QED) is 0.474. The molecule has 0 rings (SSSR count). The van der Waals surface area contributed by atoms with Crippen molar-refractivity contribution in [3.05, 3.63) is 0 Å². The third-order valence-corrected chi connectivity index (χ3v) is 3.25. The zero-order valence-corrected chi connectivity index (χ0v) is 12.9. The Labute approximate surface area is 111 Å². The highest BCUT2D eigenvalue weighted by Gasteiger charge is 2.07. The van der Waals surface area contributed by atoms with Crippen LogP contribution in [0.15, 0.2) is 0 Å². The molecule has 0 aromatic heterocycles. The first kappa shape index (κ1) is 19.3. The highest BCUT2D eigenvalue weighted by Crippen LogP contribution is 2.21. The van der Waals surface area contributed by atoms with E-state index in [1.54, 1.807) is 0 Å². The van der Waals surface area contributed by atoms with Crippen molar-refractivity contribution in [3.8, 4) is 0 Å². The summed E-state index contributed by atoms with van der Waals surface area (Å²) in [5.41, 5.74) is 5.59. The molecule has 0 aliphatic heterocycles. The maximum atomic E-state index is 5.59. The minimum Gasteiger partial charge on any atom is -0.330 e. The molecule has 0 aliphatic carbocycles. The van der Waals surface area contributed by atoms with Gasteiger partial charge in [-0.15, -0.1) is 0 Å². The van der Waals surface area contributed by atoms with Gasteiger partial charge in [-0.2, -0.15) is 0 Å². The van der Waals surface area contributed by atoms with Gasteiger partial charge in [0, 0.05) is 0 Å². The van der Waals surface area contributed by atoms with Crippen LogP contribution in [0.4, 0.5) is 0 Å². The summed E-state index contributed by atoms with van der Waals surface area (Å²) in [4.78, 5) is 0. The summed E-state index contributed by atoms with van der Waals surface area (Å²) >= 11 is 0. The van der Waals surface area contributed by atoms with Gasteiger partial charge in [-0.1, -0.05) is 79.1 Å². The number of hydrogen-bond acceptors (Lipinski definition) is 1. The van der Waals surface area contributed by atoms with Crippen molar-refractivity contribution < 1.29 is 0 Å². The molecule has 0 amide bonds. The third kappa shape index (κ3) is 16.0. The second kappa shape index (κ2) is 18.3. The number of hydrogen-bond donors (Lipinski definition) is 1. The first-order valence-electron chi connectivity index (χ1n) is 8.05. The monoisotopic (exact) mass is 243 g/mol. The van der Waals surface area contributed by atoms with Crippen LogP contribution in [0.25, 0.3) is 0 Å². The van der Waals surface area contributed by atoms with Crippen LogP contribution in [0.3, 0.4) is 0 Å². The van der Waals surface area contributed by atoms with Gasteiger partial charge in [0.05, 0.1) is 0 Å². The first-order chi connectivity index (χ1) is 8.35. The topological polar surface area (TPSA) is 26.0 Å². The lowest BCUT2D eigenvalue weighted by atomic mass is 9.91. The zero-order valence-electron chi connectivity index (χ0n) is 12.9. The molecular weight excluding hydrogens is 206 g/mol. The fraction of sp³-hybridized carbons (Fsp3) is 1.00. The summed E-state index contributed by atoms with van der Waals surface area (Å²) in [5, 5.41) is 0. The van der Waals surface area contributed by atoms with Gasteiger partial charge in [-0.25, -0.2) is 0 Å². The Morgan fingerprint density at radius 1 is 0.706 bits per heavy atom. The molecule has 0 spiro atoms. The average Bonchev–Trinajstić information content (AvgIpc) is 2.38. The van der Waals surface area contributed by atoms with E-state index >= 15 is 0 Å². The number of nitrogens with two attached hydrogens (primary N) is 1. The van der Waals surface area contributed by atoms with Crippen molar-refractivity contribution in [2.24, 2.45) is 11.7 Å². The Balaban J connectivity index is 0. The summed E-state index contributed by atoms with van der Waals surface area (Å²) in [6.07, 6.45) is 13.8. The second-order valence-electron chi connectivity index (χ2n) is 4.79. The Morgan fingerprint density at radius 3 is 1.47 bits per heavy atom. The Morgan fingerprint density at radius 2 is 1.12 bits per heavy atom. The SMILES string of the molecule is CC.CCCCCC(CCCN)CCCCC. The van der Waals surface area contributed by atoms with Gasteiger partial charge in [0.15, 0.2) is 0 Å². The van der Waals surface area contributed by atoms with Gasteiger partial charge in [-0.05, 0) is 25.3 Å². The molecule has 0 saturated carbocycles. The molecule has 1 nitrogen and oxygen atoms in total. The molecule has 0 radical (unpaired) electrons. The van der Waals surface area contributed by atoms with Crippen LogP contribution < -0.4 is 5.73 Å². The van der Waals surface area contributed by atoms with Crippen molar-refractivity contribution >= 4 is 0 Å². The van der Waals surface area contributed by atoms with E-state index in [1.165, 1.54) is 64.2 Å². The Bertz CT molecular complexity index is 102. The van der Waals surface area contributed by atoms with Crippen molar-refractivity contribution in [1.29, 1.82) is 0 Å². The van der Waals surface area contributed by atoms with E-state index in [1.807, 2.05) is 13.8 Å². The highest BCUT2D eigenvalue weighted by atomic mass is 14.5.